The lowest BCUT2D eigenvalue weighted by molar-refractivity contribution is -0.925. The van der Waals surface area contributed by atoms with Crippen LogP contribution in [0.15, 0.2) is 35.0 Å². The van der Waals surface area contributed by atoms with Gasteiger partial charge in [0.05, 0.1) is 0 Å². The van der Waals surface area contributed by atoms with Crippen molar-refractivity contribution >= 4 is 22.8 Å². The number of aryl methyl sites for hydroxylation is 1. The molecule has 0 spiro atoms. The summed E-state index contributed by atoms with van der Waals surface area (Å²) in [5, 5.41) is 26.3. The number of hydrogen-bond acceptors (Lipinski definition) is 9. The number of carbonyl (C=O) groups is 1. The Morgan fingerprint density at radius 1 is 1.34 bits per heavy atom. The van der Waals surface area contributed by atoms with E-state index in [1.165, 1.54) is 0 Å². The van der Waals surface area contributed by atoms with Gasteiger partial charge in [-0.2, -0.15) is 5.43 Å². The van der Waals surface area contributed by atoms with E-state index in [2.05, 4.69) is 31.4 Å². The Bertz CT molecular complexity index is 1090. The first kappa shape index (κ1) is 22.1. The zero-order chi connectivity index (χ0) is 22.7. The molecule has 1 aliphatic rings. The van der Waals surface area contributed by atoms with Crippen molar-refractivity contribution in [3.63, 3.8) is 0 Å². The van der Waals surface area contributed by atoms with Crippen molar-refractivity contribution in [2.45, 2.75) is 45.4 Å². The minimum absolute atomic E-state index is 0.170. The lowest BCUT2D eigenvalue weighted by Gasteiger charge is -2.30. The number of rotatable bonds is 8. The number of amides is 1. The van der Waals surface area contributed by atoms with Crippen LogP contribution in [0.2, 0.25) is 0 Å². The molecule has 0 bridgehead atoms. The maximum Gasteiger partial charge on any atom is 0.242 e. The number of anilines is 1. The molecule has 4 atom stereocenters. The molecule has 1 aromatic carbocycles. The fraction of sp³-hybridized carbons (Fsp3) is 0.429. The van der Waals surface area contributed by atoms with Crippen molar-refractivity contribution < 1.29 is 14.6 Å². The van der Waals surface area contributed by atoms with Crippen LogP contribution in [0, 0.1) is 18.0 Å². The largest absolute Gasteiger partial charge is 0.612 e. The van der Waals surface area contributed by atoms with Gasteiger partial charge in [-0.15, -0.1) is 0 Å². The zero-order valence-corrected chi connectivity index (χ0v) is 18.1. The second-order valence-corrected chi connectivity index (χ2v) is 8.28. The summed E-state index contributed by atoms with van der Waals surface area (Å²) in [5.74, 6) is 0.503. The van der Waals surface area contributed by atoms with Crippen LogP contribution in [0.3, 0.4) is 0 Å². The van der Waals surface area contributed by atoms with E-state index in [1.807, 2.05) is 31.2 Å². The number of nitrogen functional groups attached to an aromatic ring is 1. The summed E-state index contributed by atoms with van der Waals surface area (Å²) in [6, 6.07) is 8.74. The molecule has 32 heavy (non-hydrogen) atoms. The van der Waals surface area contributed by atoms with Crippen LogP contribution in [-0.2, 0) is 17.8 Å². The van der Waals surface area contributed by atoms with Crippen molar-refractivity contribution in [3.8, 4) is 0 Å². The summed E-state index contributed by atoms with van der Waals surface area (Å²) in [6.07, 6.45) is 1.20. The molecule has 1 aliphatic heterocycles. The van der Waals surface area contributed by atoms with Gasteiger partial charge in [-0.1, -0.05) is 12.1 Å². The van der Waals surface area contributed by atoms with E-state index in [0.717, 1.165) is 40.8 Å². The average Bonchev–Trinajstić information content (AvgIpc) is 3.42. The summed E-state index contributed by atoms with van der Waals surface area (Å²) in [4.78, 5) is 16.6. The number of hydroxylamine groups is 1. The highest BCUT2D eigenvalue weighted by Gasteiger charge is 2.30. The van der Waals surface area contributed by atoms with Crippen molar-refractivity contribution in [2.24, 2.45) is 5.92 Å². The first-order chi connectivity index (χ1) is 15.4. The summed E-state index contributed by atoms with van der Waals surface area (Å²) in [7, 11) is 0. The van der Waals surface area contributed by atoms with Crippen molar-refractivity contribution in [1.29, 1.82) is 0 Å². The van der Waals surface area contributed by atoms with E-state index in [-0.39, 0.29) is 17.2 Å². The summed E-state index contributed by atoms with van der Waals surface area (Å²) in [5.41, 5.74) is 12.7. The van der Waals surface area contributed by atoms with Crippen LogP contribution in [0.1, 0.15) is 30.2 Å². The van der Waals surface area contributed by atoms with Gasteiger partial charge in [0.1, 0.15) is 22.9 Å². The minimum Gasteiger partial charge on any atom is -0.612 e. The van der Waals surface area contributed by atoms with Crippen LogP contribution < -0.4 is 27.0 Å². The predicted molar refractivity (Wildman–Crippen MR) is 118 cm³/mol. The number of nitrogens with two attached hydrogens (primary N) is 1. The molecular formula is C21H28N8O3. The SMILES string of the molecule is Cc1nc(N)ccc1CNC(=O)[C@H](C)N[NH+]([O-])[C@H]1C[C@H](Cc2ccc3nonc3c2)CN1. The van der Waals surface area contributed by atoms with E-state index in [1.54, 1.807) is 13.0 Å². The van der Waals surface area contributed by atoms with E-state index in [4.69, 9.17) is 10.4 Å². The standard InChI is InChI=1S/C21H28N8O3/c1-12-16(4-6-19(22)25-12)11-24-21(30)13(2)26-29(31)20-9-15(10-23-20)7-14-3-5-17-18(8-14)28-32-27-17/h3-6,8,13,15,20,23,26,29H,7,9-11H2,1-2H3,(H2,22,25)(H,24,30)/t13-,15-,20-/m0/s1. The van der Waals surface area contributed by atoms with Crippen LogP contribution in [0.25, 0.3) is 11.0 Å². The third kappa shape index (κ3) is 5.19. The quantitative estimate of drug-likeness (QED) is 0.293. The lowest BCUT2D eigenvalue weighted by Crippen LogP contribution is -3.20. The van der Waals surface area contributed by atoms with Gasteiger partial charge in [0.15, 0.2) is 6.17 Å². The molecule has 11 nitrogen and oxygen atoms in total. The van der Waals surface area contributed by atoms with Gasteiger partial charge in [0.2, 0.25) is 5.91 Å². The van der Waals surface area contributed by atoms with Gasteiger partial charge in [0, 0.05) is 25.2 Å². The molecule has 0 radical (unpaired) electrons. The third-order valence-corrected chi connectivity index (χ3v) is 5.80. The Morgan fingerprint density at radius 3 is 2.97 bits per heavy atom. The summed E-state index contributed by atoms with van der Waals surface area (Å²) >= 11 is 0. The summed E-state index contributed by atoms with van der Waals surface area (Å²) in [6.45, 7) is 4.57. The molecule has 3 heterocycles. The number of pyridine rings is 1. The Hall–Kier alpha value is -3.12. The normalized spacial score (nSPS) is 20.3. The molecule has 6 N–H and O–H groups in total. The molecule has 11 heteroatoms. The minimum atomic E-state index is -0.646. The number of nitrogens with zero attached hydrogens (tertiary/aromatic N) is 3. The highest BCUT2D eigenvalue weighted by atomic mass is 16.6. The van der Waals surface area contributed by atoms with Crippen molar-refractivity contribution in [2.75, 3.05) is 12.3 Å². The predicted octanol–water partition coefficient (Wildman–Crippen LogP) is -0.421. The van der Waals surface area contributed by atoms with E-state index < -0.39 is 6.04 Å². The smallest absolute Gasteiger partial charge is 0.242 e. The molecule has 170 valence electrons. The van der Waals surface area contributed by atoms with Gasteiger partial charge in [0.25, 0.3) is 0 Å². The van der Waals surface area contributed by atoms with E-state index in [0.29, 0.717) is 24.7 Å². The summed E-state index contributed by atoms with van der Waals surface area (Å²) < 4.78 is 4.74. The Balaban J connectivity index is 1.24. The fourth-order valence-electron chi connectivity index (χ4n) is 3.96. The lowest BCUT2D eigenvalue weighted by atomic mass is 9.98. The Labute approximate surface area is 185 Å². The van der Waals surface area contributed by atoms with Gasteiger partial charge < -0.3 is 16.3 Å². The van der Waals surface area contributed by atoms with Crippen LogP contribution in [0.4, 0.5) is 5.82 Å². The molecule has 4 rings (SSSR count). The maximum atomic E-state index is 12.7. The number of aromatic nitrogens is 3. The third-order valence-electron chi connectivity index (χ3n) is 5.80. The number of carbonyl (C=O) groups excluding carboxylic acids is 1. The van der Waals surface area contributed by atoms with Gasteiger partial charge in [-0.05, 0) is 65.8 Å². The molecule has 2 aromatic heterocycles. The van der Waals surface area contributed by atoms with Crippen LogP contribution in [-0.4, -0.2) is 40.0 Å². The van der Waals surface area contributed by atoms with Gasteiger partial charge >= 0.3 is 0 Å². The van der Waals surface area contributed by atoms with Gasteiger partial charge in [-0.3, -0.25) is 15.3 Å². The van der Waals surface area contributed by atoms with Gasteiger partial charge in [-0.25, -0.2) is 9.61 Å². The maximum absolute atomic E-state index is 12.7. The molecule has 1 unspecified atom stereocenters. The molecule has 1 amide bonds. The van der Waals surface area contributed by atoms with E-state index in [9.17, 15) is 10.0 Å². The zero-order valence-electron chi connectivity index (χ0n) is 18.1. The van der Waals surface area contributed by atoms with E-state index >= 15 is 0 Å². The van der Waals surface area contributed by atoms with Crippen molar-refractivity contribution in [3.05, 3.63) is 52.4 Å². The van der Waals surface area contributed by atoms with Crippen molar-refractivity contribution in [1.82, 2.24) is 31.4 Å². The first-order valence-electron chi connectivity index (χ1n) is 10.6. The number of nitrogens with one attached hydrogen (secondary N) is 4. The van der Waals surface area contributed by atoms with Crippen LogP contribution >= 0.6 is 0 Å². The first-order valence-corrected chi connectivity index (χ1v) is 10.6. The second kappa shape index (κ2) is 9.57. The Kier molecular flexibility index (Phi) is 6.61. The highest BCUT2D eigenvalue weighted by molar-refractivity contribution is 5.81. The molecule has 1 saturated heterocycles. The number of quaternary nitrogens is 1. The molecule has 0 saturated carbocycles. The molecule has 1 fully saturated rings. The number of benzene rings is 1. The molecule has 3 aromatic rings. The second-order valence-electron chi connectivity index (χ2n) is 8.28. The number of fused-ring (bicyclic) bond motifs is 1. The Morgan fingerprint density at radius 2 is 2.16 bits per heavy atom. The molecular weight excluding hydrogens is 412 g/mol. The highest BCUT2D eigenvalue weighted by Crippen LogP contribution is 2.19. The fourth-order valence-corrected chi connectivity index (χ4v) is 3.96. The monoisotopic (exact) mass is 440 g/mol. The average molecular weight is 441 g/mol. The number of hydrogen-bond donors (Lipinski definition) is 5. The molecule has 0 aliphatic carbocycles. The van der Waals surface area contributed by atoms with Crippen LogP contribution in [0.5, 0.6) is 0 Å². The topological polar surface area (TPSA) is 158 Å².